The van der Waals surface area contributed by atoms with Crippen LogP contribution in [-0.4, -0.2) is 27.3 Å². The number of amides is 1. The number of hydrogen-bond acceptors (Lipinski definition) is 5. The molecule has 2 heterocycles. The summed E-state index contributed by atoms with van der Waals surface area (Å²) < 4.78 is 7.10. The summed E-state index contributed by atoms with van der Waals surface area (Å²) in [4.78, 5) is 16.7. The number of ether oxygens (including phenoxy) is 1. The lowest BCUT2D eigenvalue weighted by atomic mass is 10.1. The van der Waals surface area contributed by atoms with E-state index in [0.29, 0.717) is 18.2 Å². The topological polar surface area (TPSA) is 95.1 Å². The summed E-state index contributed by atoms with van der Waals surface area (Å²) in [6, 6.07) is 5.78. The van der Waals surface area contributed by atoms with E-state index in [1.807, 2.05) is 26.0 Å². The van der Waals surface area contributed by atoms with Crippen LogP contribution in [0.5, 0.6) is 5.75 Å². The third kappa shape index (κ3) is 3.99. The summed E-state index contributed by atoms with van der Waals surface area (Å²) >= 11 is 0. The van der Waals surface area contributed by atoms with Crippen LogP contribution in [0.2, 0.25) is 0 Å². The smallest absolute Gasteiger partial charge is 0.242 e. The molecule has 3 rings (SSSR count). The van der Waals surface area contributed by atoms with Crippen molar-refractivity contribution in [2.45, 2.75) is 46.3 Å². The molecule has 1 aromatic heterocycles. The van der Waals surface area contributed by atoms with Gasteiger partial charge in [0, 0.05) is 13.0 Å². The molecule has 1 aliphatic heterocycles. The van der Waals surface area contributed by atoms with E-state index in [2.05, 4.69) is 21.5 Å². The van der Waals surface area contributed by atoms with E-state index in [9.17, 15) is 4.79 Å². The minimum absolute atomic E-state index is 0.112. The standard InChI is InChI=1S/C18H25N5O2/c1-11(2)17(19)18-21-12(3)22-23(18)10-16(24)20-9-13-4-5-15-14(8-13)6-7-25-15/h4-5,8,11,17H,6-7,9-10,19H2,1-3H3,(H,20,24)/t17-/m0/s1. The predicted octanol–water partition coefficient (Wildman–Crippen LogP) is 1.49. The average molecular weight is 343 g/mol. The van der Waals surface area contributed by atoms with Gasteiger partial charge in [0.2, 0.25) is 5.91 Å². The molecule has 1 atom stereocenters. The van der Waals surface area contributed by atoms with Gasteiger partial charge in [0.05, 0.1) is 12.6 Å². The van der Waals surface area contributed by atoms with Gasteiger partial charge in [-0.15, -0.1) is 0 Å². The van der Waals surface area contributed by atoms with Gasteiger partial charge < -0.3 is 15.8 Å². The number of aromatic nitrogens is 3. The van der Waals surface area contributed by atoms with E-state index in [4.69, 9.17) is 10.5 Å². The van der Waals surface area contributed by atoms with Crippen molar-refractivity contribution in [2.24, 2.45) is 11.7 Å². The van der Waals surface area contributed by atoms with Crippen LogP contribution in [0.4, 0.5) is 0 Å². The van der Waals surface area contributed by atoms with Crippen LogP contribution in [-0.2, 0) is 24.3 Å². The summed E-state index contributed by atoms with van der Waals surface area (Å²) in [6.07, 6.45) is 0.922. The van der Waals surface area contributed by atoms with Crippen LogP contribution in [0.15, 0.2) is 18.2 Å². The Morgan fingerprint density at radius 3 is 3.00 bits per heavy atom. The Labute approximate surface area is 147 Å². The Hall–Kier alpha value is -2.41. The van der Waals surface area contributed by atoms with Gasteiger partial charge in [0.25, 0.3) is 0 Å². The van der Waals surface area contributed by atoms with Crippen LogP contribution < -0.4 is 15.8 Å². The maximum absolute atomic E-state index is 12.3. The average Bonchev–Trinajstić information content (AvgIpc) is 3.17. The molecule has 1 aromatic carbocycles. The zero-order valence-corrected chi connectivity index (χ0v) is 15.0. The number of carbonyl (C=O) groups excluding carboxylic acids is 1. The molecule has 7 nitrogen and oxygen atoms in total. The fourth-order valence-corrected chi connectivity index (χ4v) is 2.88. The molecule has 0 fully saturated rings. The van der Waals surface area contributed by atoms with Crippen LogP contribution >= 0.6 is 0 Å². The van der Waals surface area contributed by atoms with Crippen molar-refractivity contribution in [1.82, 2.24) is 20.1 Å². The van der Waals surface area contributed by atoms with E-state index in [-0.39, 0.29) is 24.4 Å². The van der Waals surface area contributed by atoms with Gasteiger partial charge in [-0.25, -0.2) is 9.67 Å². The van der Waals surface area contributed by atoms with Crippen molar-refractivity contribution in [2.75, 3.05) is 6.61 Å². The molecule has 0 unspecified atom stereocenters. The second-order valence-corrected chi connectivity index (χ2v) is 6.76. The van der Waals surface area contributed by atoms with Gasteiger partial charge in [-0.3, -0.25) is 4.79 Å². The fraction of sp³-hybridized carbons (Fsp3) is 0.500. The first-order chi connectivity index (χ1) is 11.9. The van der Waals surface area contributed by atoms with Crippen molar-refractivity contribution in [3.8, 4) is 5.75 Å². The monoisotopic (exact) mass is 343 g/mol. The largest absolute Gasteiger partial charge is 0.493 e. The molecule has 0 saturated heterocycles. The van der Waals surface area contributed by atoms with Crippen molar-refractivity contribution in [1.29, 1.82) is 0 Å². The highest BCUT2D eigenvalue weighted by Crippen LogP contribution is 2.25. The Morgan fingerprint density at radius 1 is 1.44 bits per heavy atom. The van der Waals surface area contributed by atoms with Gasteiger partial charge in [-0.05, 0) is 30.0 Å². The number of carbonyl (C=O) groups is 1. The molecule has 1 amide bonds. The third-order valence-corrected chi connectivity index (χ3v) is 4.36. The zero-order valence-electron chi connectivity index (χ0n) is 15.0. The summed E-state index contributed by atoms with van der Waals surface area (Å²) in [5.41, 5.74) is 8.44. The molecule has 2 aromatic rings. The molecule has 0 saturated carbocycles. The van der Waals surface area contributed by atoms with Gasteiger partial charge in [0.1, 0.15) is 23.9 Å². The number of hydrogen-bond donors (Lipinski definition) is 2. The molecule has 0 spiro atoms. The van der Waals surface area contributed by atoms with Gasteiger partial charge in [-0.1, -0.05) is 26.0 Å². The lowest BCUT2D eigenvalue weighted by Crippen LogP contribution is -2.30. The lowest BCUT2D eigenvalue weighted by molar-refractivity contribution is -0.122. The van der Waals surface area contributed by atoms with Crippen molar-refractivity contribution >= 4 is 5.91 Å². The van der Waals surface area contributed by atoms with E-state index in [0.717, 1.165) is 24.3 Å². The molecule has 25 heavy (non-hydrogen) atoms. The van der Waals surface area contributed by atoms with Gasteiger partial charge in [0.15, 0.2) is 0 Å². The Kier molecular flexibility index (Phi) is 5.03. The quantitative estimate of drug-likeness (QED) is 0.829. The Balaban J connectivity index is 1.61. The second kappa shape index (κ2) is 7.23. The third-order valence-electron chi connectivity index (χ3n) is 4.36. The SMILES string of the molecule is Cc1nc([C@@H](N)C(C)C)n(CC(=O)NCc2ccc3c(c2)CCO3)n1. The molecule has 7 heteroatoms. The predicted molar refractivity (Wildman–Crippen MR) is 94.0 cm³/mol. The number of rotatable bonds is 6. The minimum Gasteiger partial charge on any atom is -0.493 e. The van der Waals surface area contributed by atoms with Gasteiger partial charge >= 0.3 is 0 Å². The van der Waals surface area contributed by atoms with Crippen LogP contribution in [0, 0.1) is 12.8 Å². The normalized spacial score (nSPS) is 14.3. The Morgan fingerprint density at radius 2 is 2.24 bits per heavy atom. The molecule has 0 radical (unpaired) electrons. The summed E-state index contributed by atoms with van der Waals surface area (Å²) in [6.45, 7) is 7.18. The van der Waals surface area contributed by atoms with Gasteiger partial charge in [-0.2, -0.15) is 5.10 Å². The first-order valence-electron chi connectivity index (χ1n) is 8.62. The molecule has 134 valence electrons. The molecule has 0 aliphatic carbocycles. The molecular formula is C18H25N5O2. The first kappa shape index (κ1) is 17.4. The molecular weight excluding hydrogens is 318 g/mol. The summed E-state index contributed by atoms with van der Waals surface area (Å²) in [5, 5.41) is 7.24. The Bertz CT molecular complexity index is 769. The van der Waals surface area contributed by atoms with Crippen LogP contribution in [0.1, 0.15) is 42.7 Å². The highest BCUT2D eigenvalue weighted by atomic mass is 16.5. The number of benzene rings is 1. The number of nitrogens with zero attached hydrogens (tertiary/aromatic N) is 3. The minimum atomic E-state index is -0.245. The van der Waals surface area contributed by atoms with E-state index >= 15 is 0 Å². The maximum Gasteiger partial charge on any atom is 0.242 e. The van der Waals surface area contributed by atoms with E-state index < -0.39 is 0 Å². The lowest BCUT2D eigenvalue weighted by Gasteiger charge is -2.15. The zero-order chi connectivity index (χ0) is 18.0. The summed E-state index contributed by atoms with van der Waals surface area (Å²) in [5.74, 6) is 2.33. The van der Waals surface area contributed by atoms with Crippen molar-refractivity contribution in [3.05, 3.63) is 41.0 Å². The number of nitrogens with two attached hydrogens (primary N) is 1. The highest BCUT2D eigenvalue weighted by molar-refractivity contribution is 5.75. The second-order valence-electron chi connectivity index (χ2n) is 6.76. The number of aryl methyl sites for hydroxylation is 1. The van der Waals surface area contributed by atoms with E-state index in [1.165, 1.54) is 5.56 Å². The van der Waals surface area contributed by atoms with E-state index in [1.54, 1.807) is 11.6 Å². The van der Waals surface area contributed by atoms with Crippen LogP contribution in [0.3, 0.4) is 0 Å². The highest BCUT2D eigenvalue weighted by Gasteiger charge is 2.20. The maximum atomic E-state index is 12.3. The van der Waals surface area contributed by atoms with Crippen molar-refractivity contribution in [3.63, 3.8) is 0 Å². The first-order valence-corrected chi connectivity index (χ1v) is 8.62. The molecule has 3 N–H and O–H groups in total. The molecule has 0 bridgehead atoms. The summed E-state index contributed by atoms with van der Waals surface area (Å²) in [7, 11) is 0. The fourth-order valence-electron chi connectivity index (χ4n) is 2.88. The number of nitrogens with one attached hydrogen (secondary N) is 1. The van der Waals surface area contributed by atoms with Crippen molar-refractivity contribution < 1.29 is 9.53 Å². The number of fused-ring (bicyclic) bond motifs is 1. The van der Waals surface area contributed by atoms with Crippen LogP contribution in [0.25, 0.3) is 0 Å². The molecule has 1 aliphatic rings.